The van der Waals surface area contributed by atoms with E-state index in [4.69, 9.17) is 16.3 Å². The number of nitrogens with one attached hydrogen (secondary N) is 1. The van der Waals surface area contributed by atoms with Crippen LogP contribution in [0.5, 0.6) is 5.75 Å². The maximum atomic E-state index is 12.8. The maximum Gasteiger partial charge on any atom is 0.265 e. The number of ether oxygens (including phenoxy) is 1. The fourth-order valence-electron chi connectivity index (χ4n) is 2.96. The van der Waals surface area contributed by atoms with Crippen LogP contribution in [0.4, 0.5) is 11.4 Å². The zero-order chi connectivity index (χ0) is 19.8. The third kappa shape index (κ3) is 4.36. The van der Waals surface area contributed by atoms with Gasteiger partial charge in [-0.3, -0.25) is 9.10 Å². The minimum Gasteiger partial charge on any atom is -0.478 e. The molecule has 1 atom stereocenters. The molecule has 2 aromatic rings. The highest BCUT2D eigenvalue weighted by molar-refractivity contribution is 7.92. The van der Waals surface area contributed by atoms with Gasteiger partial charge in [0.05, 0.1) is 11.9 Å². The molecule has 0 fully saturated rings. The van der Waals surface area contributed by atoms with E-state index in [0.29, 0.717) is 22.1 Å². The van der Waals surface area contributed by atoms with E-state index in [1.54, 1.807) is 24.3 Å². The number of carbonyl (C=O) groups is 1. The van der Waals surface area contributed by atoms with Gasteiger partial charge in [0, 0.05) is 23.7 Å². The van der Waals surface area contributed by atoms with Crippen LogP contribution in [0.2, 0.25) is 5.02 Å². The molecular weight excluding hydrogens is 388 g/mol. The van der Waals surface area contributed by atoms with Crippen LogP contribution in [0.25, 0.3) is 0 Å². The smallest absolute Gasteiger partial charge is 0.265 e. The Morgan fingerprint density at radius 1 is 1.22 bits per heavy atom. The lowest BCUT2D eigenvalue weighted by atomic mass is 10.2. The molecular formula is C19H21ClN2O4S. The van der Waals surface area contributed by atoms with E-state index in [-0.39, 0.29) is 18.9 Å². The zero-order valence-electron chi connectivity index (χ0n) is 15.3. The summed E-state index contributed by atoms with van der Waals surface area (Å²) in [4.78, 5) is 12.8. The number of hydrogen-bond acceptors (Lipinski definition) is 4. The Labute approximate surface area is 164 Å². The van der Waals surface area contributed by atoms with E-state index < -0.39 is 16.1 Å². The molecule has 0 unspecified atom stereocenters. The van der Waals surface area contributed by atoms with Crippen molar-refractivity contribution in [3.05, 3.63) is 52.5 Å². The fraction of sp³-hybridized carbons (Fsp3) is 0.316. The van der Waals surface area contributed by atoms with E-state index >= 15 is 0 Å². The van der Waals surface area contributed by atoms with Gasteiger partial charge in [-0.1, -0.05) is 23.7 Å². The first kappa shape index (κ1) is 19.5. The number of benzene rings is 2. The lowest BCUT2D eigenvalue weighted by molar-refractivity contribution is -0.122. The molecule has 1 amide bonds. The Bertz CT molecular complexity index is 991. The molecule has 1 N–H and O–H groups in total. The van der Waals surface area contributed by atoms with Crippen LogP contribution in [0.3, 0.4) is 0 Å². The topological polar surface area (TPSA) is 75.7 Å². The van der Waals surface area contributed by atoms with Gasteiger partial charge in [0.2, 0.25) is 10.0 Å². The van der Waals surface area contributed by atoms with Gasteiger partial charge in [0.1, 0.15) is 5.75 Å². The molecule has 1 aliphatic rings. The minimum absolute atomic E-state index is 0.155. The van der Waals surface area contributed by atoms with Crippen LogP contribution in [-0.4, -0.2) is 33.2 Å². The molecule has 27 heavy (non-hydrogen) atoms. The summed E-state index contributed by atoms with van der Waals surface area (Å²) in [7, 11) is -3.50. The van der Waals surface area contributed by atoms with E-state index in [9.17, 15) is 13.2 Å². The summed E-state index contributed by atoms with van der Waals surface area (Å²) in [5.74, 6) is 0.0220. The predicted octanol–water partition coefficient (Wildman–Crippen LogP) is 3.51. The van der Waals surface area contributed by atoms with Crippen LogP contribution in [-0.2, 0) is 14.8 Å². The Balaban J connectivity index is 1.90. The summed E-state index contributed by atoms with van der Waals surface area (Å²) in [6.45, 7) is 3.89. The highest BCUT2D eigenvalue weighted by Gasteiger charge is 2.31. The molecule has 6 nitrogen and oxygen atoms in total. The summed E-state index contributed by atoms with van der Waals surface area (Å²) in [6, 6.07) is 10.5. The van der Waals surface area contributed by atoms with Gasteiger partial charge in [-0.05, 0) is 49.2 Å². The average molecular weight is 409 g/mol. The zero-order valence-corrected chi connectivity index (χ0v) is 16.9. The van der Waals surface area contributed by atoms with Crippen molar-refractivity contribution in [1.29, 1.82) is 0 Å². The number of amides is 1. The standard InChI is InChI=1S/C19H21ClN2O4S/c1-12-4-7-17-16(10-12)22(27(3,24)25)9-8-18(26-17)19(23)21-15-11-14(20)6-5-13(15)2/h4-7,10-11,18H,8-9H2,1-3H3,(H,21,23)/t18-/m1/s1. The lowest BCUT2D eigenvalue weighted by Crippen LogP contribution is -2.36. The average Bonchev–Trinajstić information content (AvgIpc) is 2.77. The van der Waals surface area contributed by atoms with Gasteiger partial charge in [-0.15, -0.1) is 0 Å². The van der Waals surface area contributed by atoms with Crippen LogP contribution >= 0.6 is 11.6 Å². The number of aryl methyl sites for hydroxylation is 2. The number of nitrogens with zero attached hydrogens (tertiary/aromatic N) is 1. The van der Waals surface area contributed by atoms with Gasteiger partial charge < -0.3 is 10.1 Å². The second-order valence-electron chi connectivity index (χ2n) is 6.65. The molecule has 3 rings (SSSR count). The molecule has 0 aromatic heterocycles. The van der Waals surface area contributed by atoms with Crippen LogP contribution < -0.4 is 14.4 Å². The second-order valence-corrected chi connectivity index (χ2v) is 8.99. The number of halogens is 1. The van der Waals surface area contributed by atoms with Gasteiger partial charge in [-0.2, -0.15) is 0 Å². The molecule has 144 valence electrons. The Morgan fingerprint density at radius 3 is 2.67 bits per heavy atom. The van der Waals surface area contributed by atoms with Crippen molar-refractivity contribution in [2.45, 2.75) is 26.4 Å². The summed E-state index contributed by atoms with van der Waals surface area (Å²) >= 11 is 6.01. The number of anilines is 2. The van der Waals surface area contributed by atoms with Gasteiger partial charge >= 0.3 is 0 Å². The molecule has 0 saturated heterocycles. The summed E-state index contributed by atoms with van der Waals surface area (Å²) in [5.41, 5.74) is 2.83. The van der Waals surface area contributed by atoms with Crippen LogP contribution in [0.1, 0.15) is 17.5 Å². The Kier molecular flexibility index (Phi) is 5.35. The van der Waals surface area contributed by atoms with Gasteiger partial charge in [-0.25, -0.2) is 8.42 Å². The number of carbonyl (C=O) groups excluding carboxylic acids is 1. The van der Waals surface area contributed by atoms with E-state index in [2.05, 4.69) is 5.32 Å². The third-order valence-corrected chi connectivity index (χ3v) is 5.81. The molecule has 0 saturated carbocycles. The molecule has 2 aromatic carbocycles. The highest BCUT2D eigenvalue weighted by Crippen LogP contribution is 2.35. The first-order valence-corrected chi connectivity index (χ1v) is 10.7. The molecule has 0 bridgehead atoms. The lowest BCUT2D eigenvalue weighted by Gasteiger charge is -2.21. The Hall–Kier alpha value is -2.25. The predicted molar refractivity (Wildman–Crippen MR) is 107 cm³/mol. The summed E-state index contributed by atoms with van der Waals surface area (Å²) in [6.07, 6.45) is 0.553. The van der Waals surface area contributed by atoms with E-state index in [1.165, 1.54) is 4.31 Å². The number of sulfonamides is 1. The van der Waals surface area contributed by atoms with Crippen molar-refractivity contribution >= 4 is 38.9 Å². The molecule has 8 heteroatoms. The minimum atomic E-state index is -3.50. The van der Waals surface area contributed by atoms with Gasteiger partial charge in [0.15, 0.2) is 6.10 Å². The molecule has 0 aliphatic carbocycles. The van der Waals surface area contributed by atoms with Crippen LogP contribution in [0, 0.1) is 13.8 Å². The van der Waals surface area contributed by atoms with E-state index in [0.717, 1.165) is 17.4 Å². The highest BCUT2D eigenvalue weighted by atomic mass is 35.5. The van der Waals surface area contributed by atoms with Crippen molar-refractivity contribution in [3.8, 4) is 5.75 Å². The normalized spacial score (nSPS) is 16.9. The first-order chi connectivity index (χ1) is 12.6. The van der Waals surface area contributed by atoms with Crippen molar-refractivity contribution in [3.63, 3.8) is 0 Å². The second kappa shape index (κ2) is 7.40. The third-order valence-electron chi connectivity index (χ3n) is 4.40. The van der Waals surface area contributed by atoms with Crippen molar-refractivity contribution in [2.24, 2.45) is 0 Å². The SMILES string of the molecule is Cc1ccc2c(c1)N(S(C)(=O)=O)CC[C@H](C(=O)Nc1cc(Cl)ccc1C)O2. The van der Waals surface area contributed by atoms with Crippen LogP contribution in [0.15, 0.2) is 36.4 Å². The largest absolute Gasteiger partial charge is 0.478 e. The van der Waals surface area contributed by atoms with Crippen molar-refractivity contribution in [1.82, 2.24) is 0 Å². The number of fused-ring (bicyclic) bond motifs is 1. The first-order valence-electron chi connectivity index (χ1n) is 8.47. The quantitative estimate of drug-likeness (QED) is 0.843. The Morgan fingerprint density at radius 2 is 1.96 bits per heavy atom. The summed E-state index contributed by atoms with van der Waals surface area (Å²) < 4.78 is 31.6. The monoisotopic (exact) mass is 408 g/mol. The molecule has 0 spiro atoms. The van der Waals surface area contributed by atoms with E-state index in [1.807, 2.05) is 26.0 Å². The van der Waals surface area contributed by atoms with Crippen molar-refractivity contribution < 1.29 is 17.9 Å². The molecule has 0 radical (unpaired) electrons. The maximum absolute atomic E-state index is 12.8. The molecule has 1 heterocycles. The number of rotatable bonds is 3. The van der Waals surface area contributed by atoms with Gasteiger partial charge in [0.25, 0.3) is 5.91 Å². The summed E-state index contributed by atoms with van der Waals surface area (Å²) in [5, 5.41) is 3.34. The number of hydrogen-bond donors (Lipinski definition) is 1. The fourth-order valence-corrected chi connectivity index (χ4v) is 4.07. The van der Waals surface area contributed by atoms with Crippen molar-refractivity contribution in [2.75, 3.05) is 22.4 Å². The molecule has 1 aliphatic heterocycles.